The molecule has 16 heavy (non-hydrogen) atoms. The maximum Gasteiger partial charge on any atom is 0.0238 e. The van der Waals surface area contributed by atoms with Crippen molar-refractivity contribution in [2.75, 3.05) is 13.6 Å². The van der Waals surface area contributed by atoms with E-state index in [9.17, 15) is 0 Å². The molecule has 0 aliphatic rings. The summed E-state index contributed by atoms with van der Waals surface area (Å²) in [6.45, 7) is 5.21. The SMILES string of the molecule is CC=C=CCN(C)[C@H](C)Cc1ccccc1. The second-order valence-electron chi connectivity index (χ2n) is 4.14. The van der Waals surface area contributed by atoms with Crippen molar-refractivity contribution in [1.82, 2.24) is 4.90 Å². The van der Waals surface area contributed by atoms with Gasteiger partial charge in [0, 0.05) is 12.6 Å². The van der Waals surface area contributed by atoms with E-state index < -0.39 is 0 Å². The number of likely N-dealkylation sites (N-methyl/N-ethyl adjacent to an activating group) is 1. The molecule has 1 aromatic rings. The maximum absolute atomic E-state index is 3.11. The number of rotatable bonds is 5. The Bertz CT molecular complexity index is 347. The zero-order chi connectivity index (χ0) is 11.8. The molecule has 0 aromatic heterocycles. The molecule has 1 atom stereocenters. The van der Waals surface area contributed by atoms with E-state index in [4.69, 9.17) is 0 Å². The molecule has 0 N–H and O–H groups in total. The molecule has 0 aliphatic heterocycles. The van der Waals surface area contributed by atoms with Crippen molar-refractivity contribution in [1.29, 1.82) is 0 Å². The largest absolute Gasteiger partial charge is 0.299 e. The highest BCUT2D eigenvalue weighted by atomic mass is 15.1. The van der Waals surface area contributed by atoms with Gasteiger partial charge in [0.2, 0.25) is 0 Å². The van der Waals surface area contributed by atoms with Crippen molar-refractivity contribution >= 4 is 0 Å². The summed E-state index contributed by atoms with van der Waals surface area (Å²) in [5.74, 6) is 0. The Kier molecular flexibility index (Phi) is 5.63. The average molecular weight is 215 g/mol. The van der Waals surface area contributed by atoms with Crippen LogP contribution in [0.5, 0.6) is 0 Å². The molecular formula is C15H21N. The third-order valence-electron chi connectivity index (χ3n) is 2.79. The first kappa shape index (κ1) is 12.8. The van der Waals surface area contributed by atoms with Crippen LogP contribution in [0.3, 0.4) is 0 Å². The molecule has 0 saturated heterocycles. The minimum atomic E-state index is 0.553. The highest BCUT2D eigenvalue weighted by Crippen LogP contribution is 2.06. The van der Waals surface area contributed by atoms with E-state index in [0.29, 0.717) is 6.04 Å². The lowest BCUT2D eigenvalue weighted by atomic mass is 10.1. The molecule has 86 valence electrons. The molecule has 1 rings (SSSR count). The van der Waals surface area contributed by atoms with E-state index >= 15 is 0 Å². The number of hydrogen-bond donors (Lipinski definition) is 0. The number of benzene rings is 1. The minimum Gasteiger partial charge on any atom is -0.299 e. The van der Waals surface area contributed by atoms with Gasteiger partial charge < -0.3 is 0 Å². The van der Waals surface area contributed by atoms with Crippen molar-refractivity contribution in [3.05, 3.63) is 53.8 Å². The summed E-state index contributed by atoms with van der Waals surface area (Å²) in [4.78, 5) is 2.34. The third-order valence-corrected chi connectivity index (χ3v) is 2.79. The molecule has 1 heteroatoms. The Morgan fingerprint density at radius 2 is 2.00 bits per heavy atom. The smallest absolute Gasteiger partial charge is 0.0238 e. The molecule has 0 saturated carbocycles. The van der Waals surface area contributed by atoms with Gasteiger partial charge in [-0.3, -0.25) is 4.90 Å². The summed E-state index contributed by atoms with van der Waals surface area (Å²) in [5.41, 5.74) is 4.51. The molecule has 0 unspecified atom stereocenters. The van der Waals surface area contributed by atoms with E-state index in [1.807, 2.05) is 13.0 Å². The average Bonchev–Trinajstić information content (AvgIpc) is 2.30. The Morgan fingerprint density at radius 3 is 2.62 bits per heavy atom. The van der Waals surface area contributed by atoms with Crippen molar-refractivity contribution in [2.45, 2.75) is 26.3 Å². The zero-order valence-corrected chi connectivity index (χ0v) is 10.5. The molecule has 1 nitrogen and oxygen atoms in total. The summed E-state index contributed by atoms with van der Waals surface area (Å²) in [6.07, 6.45) is 5.11. The van der Waals surface area contributed by atoms with Crippen LogP contribution in [0.4, 0.5) is 0 Å². The van der Waals surface area contributed by atoms with Gasteiger partial charge in [0.15, 0.2) is 0 Å². The first-order chi connectivity index (χ1) is 7.74. The van der Waals surface area contributed by atoms with Gasteiger partial charge >= 0.3 is 0 Å². The molecule has 0 radical (unpaired) electrons. The normalized spacial score (nSPS) is 12.0. The van der Waals surface area contributed by atoms with Crippen LogP contribution in [-0.4, -0.2) is 24.5 Å². The lowest BCUT2D eigenvalue weighted by Gasteiger charge is -2.23. The van der Waals surface area contributed by atoms with Gasteiger partial charge in [-0.15, -0.1) is 5.73 Å². The lowest BCUT2D eigenvalue weighted by molar-refractivity contribution is 0.283. The first-order valence-electron chi connectivity index (χ1n) is 5.83. The Hall–Kier alpha value is -1.30. The Balaban J connectivity index is 2.46. The third kappa shape index (κ3) is 4.48. The van der Waals surface area contributed by atoms with Gasteiger partial charge in [0.25, 0.3) is 0 Å². The second kappa shape index (κ2) is 7.05. The summed E-state index contributed by atoms with van der Waals surface area (Å²) in [6, 6.07) is 11.2. The van der Waals surface area contributed by atoms with Crippen LogP contribution < -0.4 is 0 Å². The topological polar surface area (TPSA) is 3.24 Å². The second-order valence-corrected chi connectivity index (χ2v) is 4.14. The standard InChI is InChI=1S/C15H21N/c1-4-5-9-12-16(3)14(2)13-15-10-7-6-8-11-15/h4,6-11,14H,12-13H2,1-3H3/t5?,14-/m1/s1. The lowest BCUT2D eigenvalue weighted by Crippen LogP contribution is -2.30. The van der Waals surface area contributed by atoms with E-state index in [1.165, 1.54) is 5.56 Å². The van der Waals surface area contributed by atoms with Crippen molar-refractivity contribution in [3.8, 4) is 0 Å². The first-order valence-corrected chi connectivity index (χ1v) is 5.83. The zero-order valence-electron chi connectivity index (χ0n) is 10.5. The molecule has 0 bridgehead atoms. The van der Waals surface area contributed by atoms with Crippen molar-refractivity contribution < 1.29 is 0 Å². The van der Waals surface area contributed by atoms with Crippen LogP contribution in [0.15, 0.2) is 48.2 Å². The fraction of sp³-hybridized carbons (Fsp3) is 0.400. The quantitative estimate of drug-likeness (QED) is 0.681. The number of hydrogen-bond acceptors (Lipinski definition) is 1. The maximum atomic E-state index is 3.11. The van der Waals surface area contributed by atoms with Gasteiger partial charge in [-0.1, -0.05) is 30.3 Å². The van der Waals surface area contributed by atoms with Crippen LogP contribution in [0.25, 0.3) is 0 Å². The van der Waals surface area contributed by atoms with Crippen LogP contribution in [0.2, 0.25) is 0 Å². The monoisotopic (exact) mass is 215 g/mol. The molecule has 0 fully saturated rings. The van der Waals surface area contributed by atoms with Crippen LogP contribution in [-0.2, 0) is 6.42 Å². The van der Waals surface area contributed by atoms with E-state index in [2.05, 4.69) is 61.0 Å². The molecule has 0 aliphatic carbocycles. The van der Waals surface area contributed by atoms with Gasteiger partial charge in [-0.05, 0) is 45.0 Å². The minimum absolute atomic E-state index is 0.553. The van der Waals surface area contributed by atoms with Gasteiger partial charge in [0.1, 0.15) is 0 Å². The van der Waals surface area contributed by atoms with E-state index in [0.717, 1.165) is 13.0 Å². The molecule has 0 heterocycles. The summed E-state index contributed by atoms with van der Waals surface area (Å²) in [5, 5.41) is 0. The molecule has 1 aromatic carbocycles. The van der Waals surface area contributed by atoms with E-state index in [-0.39, 0.29) is 0 Å². The van der Waals surface area contributed by atoms with E-state index in [1.54, 1.807) is 0 Å². The summed E-state index contributed by atoms with van der Waals surface area (Å²) < 4.78 is 0. The van der Waals surface area contributed by atoms with Gasteiger partial charge in [-0.25, -0.2) is 0 Å². The van der Waals surface area contributed by atoms with Crippen molar-refractivity contribution in [3.63, 3.8) is 0 Å². The summed E-state index contributed by atoms with van der Waals surface area (Å²) >= 11 is 0. The predicted molar refractivity (Wildman–Crippen MR) is 70.6 cm³/mol. The van der Waals surface area contributed by atoms with Gasteiger partial charge in [-0.2, -0.15) is 0 Å². The Labute approximate surface area is 99.1 Å². The van der Waals surface area contributed by atoms with Crippen LogP contribution in [0.1, 0.15) is 19.4 Å². The highest BCUT2D eigenvalue weighted by molar-refractivity contribution is 5.15. The number of nitrogens with zero attached hydrogens (tertiary/aromatic N) is 1. The molecule has 0 spiro atoms. The van der Waals surface area contributed by atoms with Crippen LogP contribution >= 0.6 is 0 Å². The predicted octanol–water partition coefficient (Wildman–Crippen LogP) is 3.28. The Morgan fingerprint density at radius 1 is 1.31 bits per heavy atom. The molecular weight excluding hydrogens is 194 g/mol. The fourth-order valence-corrected chi connectivity index (χ4v) is 1.61. The summed E-state index contributed by atoms with van der Waals surface area (Å²) in [7, 11) is 2.15. The fourth-order valence-electron chi connectivity index (χ4n) is 1.61. The van der Waals surface area contributed by atoms with Crippen LogP contribution in [0, 0.1) is 0 Å². The van der Waals surface area contributed by atoms with Crippen molar-refractivity contribution in [2.24, 2.45) is 0 Å². The highest BCUT2D eigenvalue weighted by Gasteiger charge is 2.07. The van der Waals surface area contributed by atoms with Gasteiger partial charge in [0.05, 0.1) is 0 Å². The molecule has 0 amide bonds.